The molecule has 1 fully saturated rings. The van der Waals surface area contributed by atoms with E-state index >= 15 is 0 Å². The van der Waals surface area contributed by atoms with Gasteiger partial charge in [-0.1, -0.05) is 36.0 Å². The Kier molecular flexibility index (Phi) is 5.14. The Morgan fingerprint density at radius 1 is 1.24 bits per heavy atom. The second-order valence-electron chi connectivity index (χ2n) is 5.49. The van der Waals surface area contributed by atoms with Crippen molar-refractivity contribution in [1.29, 1.82) is 0 Å². The van der Waals surface area contributed by atoms with Gasteiger partial charge in [-0.05, 0) is 30.3 Å². The van der Waals surface area contributed by atoms with Gasteiger partial charge < -0.3 is 5.32 Å². The summed E-state index contributed by atoms with van der Waals surface area (Å²) in [5.41, 5.74) is 1.06. The number of para-hydroxylation sites is 1. The molecular weight excluding hydrogens is 341 g/mol. The summed E-state index contributed by atoms with van der Waals surface area (Å²) >= 11 is 1.19. The monoisotopic (exact) mass is 357 g/mol. The van der Waals surface area contributed by atoms with Crippen molar-refractivity contribution >= 4 is 40.1 Å². The van der Waals surface area contributed by atoms with Gasteiger partial charge in [-0.15, -0.1) is 0 Å². The fraction of sp³-hybridized carbons (Fsp3) is 0.167. The summed E-state index contributed by atoms with van der Waals surface area (Å²) in [6.45, 7) is 0. The number of amidine groups is 1. The van der Waals surface area contributed by atoms with Crippen LogP contribution in [-0.4, -0.2) is 34.2 Å². The molecule has 1 saturated heterocycles. The Labute approximate surface area is 148 Å². The number of nitrogens with zero attached hydrogens (tertiary/aromatic N) is 2. The van der Waals surface area contributed by atoms with E-state index in [0.717, 1.165) is 0 Å². The van der Waals surface area contributed by atoms with E-state index < -0.39 is 11.1 Å². The molecule has 1 aliphatic heterocycles. The first-order chi connectivity index (χ1) is 12.0. The summed E-state index contributed by atoms with van der Waals surface area (Å²) in [6.07, 6.45) is 0.0853. The lowest BCUT2D eigenvalue weighted by Gasteiger charge is -2.28. The molecule has 1 atom stereocenters. The summed E-state index contributed by atoms with van der Waals surface area (Å²) in [5, 5.41) is 2.58. The molecule has 2 aromatic rings. The third kappa shape index (κ3) is 4.24. The number of nitrogens with one attached hydrogen (secondary N) is 1. The average molecular weight is 357 g/mol. The summed E-state index contributed by atoms with van der Waals surface area (Å²) in [4.78, 5) is 30.4. The van der Waals surface area contributed by atoms with Crippen LogP contribution in [0, 0.1) is 5.82 Å². The second-order valence-corrected chi connectivity index (χ2v) is 6.66. The van der Waals surface area contributed by atoms with Gasteiger partial charge >= 0.3 is 0 Å². The number of hydrogen-bond acceptors (Lipinski definition) is 4. The lowest BCUT2D eigenvalue weighted by atomic mass is 10.2. The topological polar surface area (TPSA) is 61.8 Å². The van der Waals surface area contributed by atoms with Gasteiger partial charge in [0.25, 0.3) is 0 Å². The van der Waals surface area contributed by atoms with Crippen molar-refractivity contribution in [3.05, 3.63) is 60.4 Å². The molecule has 1 N–H and O–H groups in total. The summed E-state index contributed by atoms with van der Waals surface area (Å²) in [6, 6.07) is 14.8. The quantitative estimate of drug-likeness (QED) is 0.916. The van der Waals surface area contributed by atoms with Gasteiger partial charge in [0.1, 0.15) is 11.1 Å². The molecule has 2 amide bonds. The number of carbonyl (C=O) groups is 2. The Balaban J connectivity index is 1.78. The van der Waals surface area contributed by atoms with Gasteiger partial charge in [-0.2, -0.15) is 0 Å². The normalized spacial score (nSPS) is 19.1. The molecule has 25 heavy (non-hydrogen) atoms. The molecule has 1 aliphatic rings. The molecule has 3 rings (SSSR count). The van der Waals surface area contributed by atoms with Crippen LogP contribution < -0.4 is 5.32 Å². The van der Waals surface area contributed by atoms with Crippen molar-refractivity contribution in [2.75, 3.05) is 12.4 Å². The van der Waals surface area contributed by atoms with Crippen LogP contribution in [-0.2, 0) is 9.59 Å². The van der Waals surface area contributed by atoms with Crippen LogP contribution >= 0.6 is 11.8 Å². The average Bonchev–Trinajstić information content (AvgIpc) is 2.59. The van der Waals surface area contributed by atoms with Crippen molar-refractivity contribution in [3.63, 3.8) is 0 Å². The van der Waals surface area contributed by atoms with Gasteiger partial charge in [0.05, 0.1) is 5.69 Å². The third-order valence-corrected chi connectivity index (χ3v) is 4.88. The minimum atomic E-state index is -0.587. The summed E-state index contributed by atoms with van der Waals surface area (Å²) < 4.78 is 13.3. The van der Waals surface area contributed by atoms with Crippen molar-refractivity contribution in [2.24, 2.45) is 4.99 Å². The molecule has 0 aliphatic carbocycles. The van der Waals surface area contributed by atoms with Crippen LogP contribution in [0.3, 0.4) is 0 Å². The predicted molar refractivity (Wildman–Crippen MR) is 97.3 cm³/mol. The zero-order valence-electron chi connectivity index (χ0n) is 13.5. The van der Waals surface area contributed by atoms with Crippen molar-refractivity contribution < 1.29 is 14.0 Å². The number of benzene rings is 2. The van der Waals surface area contributed by atoms with Crippen molar-refractivity contribution in [1.82, 2.24) is 4.90 Å². The first-order valence-corrected chi connectivity index (χ1v) is 8.54. The Morgan fingerprint density at radius 3 is 2.72 bits per heavy atom. The van der Waals surface area contributed by atoms with E-state index in [1.165, 1.54) is 28.8 Å². The van der Waals surface area contributed by atoms with E-state index in [-0.39, 0.29) is 18.2 Å². The van der Waals surface area contributed by atoms with Crippen LogP contribution in [0.2, 0.25) is 0 Å². The molecule has 128 valence electrons. The number of rotatable bonds is 3. The maximum Gasteiger partial charge on any atom is 0.238 e. The minimum Gasteiger partial charge on any atom is -0.325 e. The summed E-state index contributed by atoms with van der Waals surface area (Å²) in [5.74, 6) is -0.873. The van der Waals surface area contributed by atoms with E-state index in [2.05, 4.69) is 10.3 Å². The fourth-order valence-electron chi connectivity index (χ4n) is 2.30. The Hall–Kier alpha value is -2.67. The van der Waals surface area contributed by atoms with Crippen LogP contribution in [0.4, 0.5) is 15.8 Å². The van der Waals surface area contributed by atoms with E-state index in [1.54, 1.807) is 31.3 Å². The second kappa shape index (κ2) is 7.48. The Morgan fingerprint density at radius 2 is 2.00 bits per heavy atom. The molecule has 0 spiro atoms. The number of carbonyl (C=O) groups excluding carboxylic acids is 2. The molecule has 0 bridgehead atoms. The molecule has 2 aromatic carbocycles. The van der Waals surface area contributed by atoms with Crippen molar-refractivity contribution in [3.8, 4) is 0 Å². The maximum atomic E-state index is 13.3. The number of anilines is 1. The molecule has 0 radical (unpaired) electrons. The molecule has 7 heteroatoms. The van der Waals surface area contributed by atoms with Crippen LogP contribution in [0.25, 0.3) is 0 Å². The number of thioether (sulfide) groups is 1. The molecule has 0 aromatic heterocycles. The first kappa shape index (κ1) is 17.2. The SMILES string of the molecule is CN1C(=O)C[C@@H](C(=O)Nc2ccccc2)SC1=Nc1cccc(F)c1. The largest absolute Gasteiger partial charge is 0.325 e. The highest BCUT2D eigenvalue weighted by Crippen LogP contribution is 2.29. The van der Waals surface area contributed by atoms with Gasteiger partial charge in [0, 0.05) is 19.2 Å². The zero-order valence-corrected chi connectivity index (χ0v) is 14.3. The van der Waals surface area contributed by atoms with E-state index in [1.807, 2.05) is 18.2 Å². The number of amides is 2. The highest BCUT2D eigenvalue weighted by Gasteiger charge is 2.34. The first-order valence-electron chi connectivity index (χ1n) is 7.66. The van der Waals surface area contributed by atoms with Crippen LogP contribution in [0.1, 0.15) is 6.42 Å². The highest BCUT2D eigenvalue weighted by atomic mass is 32.2. The lowest BCUT2D eigenvalue weighted by molar-refractivity contribution is -0.128. The maximum absolute atomic E-state index is 13.3. The zero-order chi connectivity index (χ0) is 17.8. The van der Waals surface area contributed by atoms with Gasteiger partial charge in [-0.25, -0.2) is 9.38 Å². The van der Waals surface area contributed by atoms with Crippen LogP contribution in [0.5, 0.6) is 0 Å². The Bertz CT molecular complexity index is 826. The fourth-order valence-corrected chi connectivity index (χ4v) is 3.36. The minimum absolute atomic E-state index is 0.0853. The highest BCUT2D eigenvalue weighted by molar-refractivity contribution is 8.15. The molecule has 5 nitrogen and oxygen atoms in total. The van der Waals surface area contributed by atoms with E-state index in [9.17, 15) is 14.0 Å². The molecule has 0 unspecified atom stereocenters. The van der Waals surface area contributed by atoms with Gasteiger partial charge in [0.15, 0.2) is 5.17 Å². The lowest BCUT2D eigenvalue weighted by Crippen LogP contribution is -2.43. The van der Waals surface area contributed by atoms with Crippen LogP contribution in [0.15, 0.2) is 59.6 Å². The molecular formula is C18H16FN3O2S. The predicted octanol–water partition coefficient (Wildman–Crippen LogP) is 3.42. The summed E-state index contributed by atoms with van der Waals surface area (Å²) in [7, 11) is 1.60. The van der Waals surface area contributed by atoms with E-state index in [4.69, 9.17) is 0 Å². The van der Waals surface area contributed by atoms with Gasteiger partial charge in [0.2, 0.25) is 11.8 Å². The standard InChI is InChI=1S/C18H16FN3O2S/c1-22-16(23)11-15(17(24)20-13-7-3-2-4-8-13)25-18(22)21-14-9-5-6-12(19)10-14/h2-10,15H,11H2,1H3,(H,20,24)/t15-/m0/s1. The third-order valence-electron chi connectivity index (χ3n) is 3.64. The number of aliphatic imine (C=N–C) groups is 1. The molecule has 0 saturated carbocycles. The number of hydrogen-bond donors (Lipinski definition) is 1. The smallest absolute Gasteiger partial charge is 0.238 e. The molecule has 1 heterocycles. The van der Waals surface area contributed by atoms with Crippen molar-refractivity contribution in [2.45, 2.75) is 11.7 Å². The van der Waals surface area contributed by atoms with E-state index in [0.29, 0.717) is 16.5 Å². The van der Waals surface area contributed by atoms with Gasteiger partial charge in [-0.3, -0.25) is 14.5 Å². The number of halogens is 1.